The molecule has 0 aromatic rings. The van der Waals surface area contributed by atoms with Crippen LogP contribution < -0.4 is 0 Å². The van der Waals surface area contributed by atoms with Crippen LogP contribution in [-0.2, 0) is 55.8 Å². The van der Waals surface area contributed by atoms with Crippen molar-refractivity contribution >= 4 is 33.6 Å². The molecule has 0 bridgehead atoms. The highest BCUT2D eigenvalue weighted by Gasteiger charge is 2.29. The lowest BCUT2D eigenvalue weighted by atomic mass is 10.0. The number of ether oxygens (including phenoxy) is 3. The Balaban J connectivity index is 4.54. The number of phosphoric acid groups is 2. The van der Waals surface area contributed by atoms with Crippen LogP contribution in [0.5, 0.6) is 0 Å². The van der Waals surface area contributed by atoms with E-state index in [0.29, 0.717) is 19.3 Å². The Bertz CT molecular complexity index is 2600. The first kappa shape index (κ1) is 106. The summed E-state index contributed by atoms with van der Waals surface area (Å²) in [6.45, 7) is 2.51. The molecule has 111 heavy (non-hydrogen) atoms. The molecule has 0 aliphatic carbocycles. The molecule has 0 aliphatic heterocycles. The van der Waals surface area contributed by atoms with E-state index in [1.807, 2.05) is 0 Å². The first-order valence-electron chi connectivity index (χ1n) is 44.1. The summed E-state index contributed by atoms with van der Waals surface area (Å²) in [6.07, 6.45) is 106. The molecule has 18 heteroatoms. The Hall–Kier alpha value is -4.57. The van der Waals surface area contributed by atoms with Crippen molar-refractivity contribution < 1.29 is 75.8 Å². The van der Waals surface area contributed by atoms with Crippen molar-refractivity contribution in [3.63, 3.8) is 0 Å². The average Bonchev–Trinajstić information content (AvgIpc) is 0.891. The van der Waals surface area contributed by atoms with E-state index in [9.17, 15) is 43.5 Å². The van der Waals surface area contributed by atoms with Gasteiger partial charge in [0.15, 0.2) is 6.10 Å². The Morgan fingerprint density at radius 3 is 0.757 bits per heavy atom. The maximum Gasteiger partial charge on any atom is 0.472 e. The molecule has 0 radical (unpaired) electrons. The lowest BCUT2D eigenvalue weighted by molar-refractivity contribution is -0.161. The number of carbonyl (C=O) groups is 3. The third kappa shape index (κ3) is 86.1. The minimum Gasteiger partial charge on any atom is -0.463 e. The standard InChI is InChI=1S/C93H160O16P2/c1-4-7-10-13-16-19-22-25-28-31-33-35-37-39-41-42-43-44-46-48-49-51-53-56-58-61-64-67-70-73-76-79-91(96)103-82-88(94)83-105-110(99,100)106-84-89(95)85-107-111(101,102)108-87-90(109-93(98)81-78-75-72-69-66-63-60-55-30-27-24-21-18-15-12-9-6-3)86-104-92(97)80-77-74-71-68-65-62-59-57-54-52-50-47-45-40-38-36-34-32-29-26-23-20-17-14-11-8-5-2/h9,12,16-21,25-30,33-36,39-41,45,60,63,88-90,94-95H,4-8,10-11,13-15,22-24,31-32,37-38,42-44,46-59,61-62,64-87H2,1-3H3,(H,99,100)(H,101,102)/b12-9-,19-16-,20-17-,21-18-,28-25-,29-26-,30-27-,35-33-,36-34-,41-39-,45-40-,63-60-. The normalized spacial score (nSPS) is 14.5. The number of phosphoric ester groups is 2. The van der Waals surface area contributed by atoms with Gasteiger partial charge in [0.1, 0.15) is 25.4 Å². The van der Waals surface area contributed by atoms with Crippen molar-refractivity contribution in [2.24, 2.45) is 0 Å². The fourth-order valence-electron chi connectivity index (χ4n) is 11.8. The first-order valence-corrected chi connectivity index (χ1v) is 47.1. The average molecular weight is 1600 g/mol. The molecular formula is C93H160O16P2. The van der Waals surface area contributed by atoms with E-state index in [-0.39, 0.29) is 19.3 Å². The van der Waals surface area contributed by atoms with Crippen LogP contribution in [0.4, 0.5) is 0 Å². The van der Waals surface area contributed by atoms with E-state index in [0.717, 1.165) is 141 Å². The zero-order chi connectivity index (χ0) is 80.8. The summed E-state index contributed by atoms with van der Waals surface area (Å²) in [5.74, 6) is -1.60. The summed E-state index contributed by atoms with van der Waals surface area (Å²) >= 11 is 0. The topological polar surface area (TPSA) is 231 Å². The number of unbranched alkanes of at least 4 members (excludes halogenated alkanes) is 36. The molecule has 0 heterocycles. The van der Waals surface area contributed by atoms with Gasteiger partial charge < -0.3 is 34.2 Å². The van der Waals surface area contributed by atoms with Gasteiger partial charge in [-0.05, 0) is 148 Å². The molecule has 16 nitrogen and oxygen atoms in total. The maximum atomic E-state index is 13.0. The van der Waals surface area contributed by atoms with Gasteiger partial charge in [-0.2, -0.15) is 0 Å². The van der Waals surface area contributed by atoms with Crippen molar-refractivity contribution in [3.05, 3.63) is 146 Å². The number of esters is 3. The molecule has 4 N–H and O–H groups in total. The fourth-order valence-corrected chi connectivity index (χ4v) is 13.4. The van der Waals surface area contributed by atoms with Gasteiger partial charge in [-0.15, -0.1) is 0 Å². The highest BCUT2D eigenvalue weighted by molar-refractivity contribution is 7.47. The predicted octanol–water partition coefficient (Wildman–Crippen LogP) is 26.8. The molecule has 5 atom stereocenters. The number of carbonyl (C=O) groups excluding carboxylic acids is 3. The van der Waals surface area contributed by atoms with Crippen LogP contribution in [0.1, 0.15) is 367 Å². The Kier molecular flexibility index (Phi) is 81.3. The smallest absolute Gasteiger partial charge is 0.463 e. The van der Waals surface area contributed by atoms with Crippen molar-refractivity contribution in [1.82, 2.24) is 0 Å². The van der Waals surface area contributed by atoms with Gasteiger partial charge in [-0.3, -0.25) is 32.5 Å². The highest BCUT2D eigenvalue weighted by Crippen LogP contribution is 2.45. The SMILES string of the molecule is CC/C=C\C/C=C\C/C=C\C/C=C\CCCCCCC(=O)OC(COC(=O)CCCCCCCCCCCCC/C=C\C/C=C\C/C=C\C/C=C\CCCCC)COP(=O)(O)OCC(O)COP(=O)(O)OCC(O)COC(=O)CCCCCCCCCCCCCCCCC/C=C\C/C=C\C/C=C\C/C=C\CCCCC. The number of rotatable bonds is 83. The summed E-state index contributed by atoms with van der Waals surface area (Å²) in [5.41, 5.74) is 0. The minimum absolute atomic E-state index is 0.0730. The van der Waals surface area contributed by atoms with Crippen molar-refractivity contribution in [2.45, 2.75) is 386 Å². The summed E-state index contributed by atoms with van der Waals surface area (Å²) < 4.78 is 61.3. The lowest BCUT2D eigenvalue weighted by Crippen LogP contribution is -2.30. The summed E-state index contributed by atoms with van der Waals surface area (Å²) in [4.78, 5) is 58.9. The van der Waals surface area contributed by atoms with E-state index in [2.05, 4.69) is 167 Å². The first-order chi connectivity index (χ1) is 54.2. The number of aliphatic hydroxyl groups excluding tert-OH is 2. The van der Waals surface area contributed by atoms with E-state index < -0.39 is 91.5 Å². The molecule has 0 aliphatic rings. The number of hydrogen-bond donors (Lipinski definition) is 4. The molecule has 0 aromatic carbocycles. The predicted molar refractivity (Wildman–Crippen MR) is 463 cm³/mol. The van der Waals surface area contributed by atoms with Crippen LogP contribution in [0.15, 0.2) is 146 Å². The van der Waals surface area contributed by atoms with E-state index in [4.69, 9.17) is 32.3 Å². The lowest BCUT2D eigenvalue weighted by Gasteiger charge is -2.21. The van der Waals surface area contributed by atoms with Crippen LogP contribution in [0, 0.1) is 0 Å². The van der Waals surface area contributed by atoms with Crippen molar-refractivity contribution in [2.75, 3.05) is 39.6 Å². The van der Waals surface area contributed by atoms with Gasteiger partial charge in [-0.1, -0.05) is 346 Å². The minimum atomic E-state index is -4.95. The van der Waals surface area contributed by atoms with E-state index in [1.165, 1.54) is 167 Å². The number of hydrogen-bond acceptors (Lipinski definition) is 14. The molecule has 638 valence electrons. The second kappa shape index (κ2) is 84.8. The van der Waals surface area contributed by atoms with E-state index in [1.54, 1.807) is 0 Å². The molecule has 0 spiro atoms. The number of allylic oxidation sites excluding steroid dienone is 24. The molecule has 5 unspecified atom stereocenters. The third-order valence-corrected chi connectivity index (χ3v) is 20.4. The quantitative estimate of drug-likeness (QED) is 0.0146. The van der Waals surface area contributed by atoms with Crippen LogP contribution in [0.3, 0.4) is 0 Å². The maximum absolute atomic E-state index is 13.0. The van der Waals surface area contributed by atoms with Crippen molar-refractivity contribution in [1.29, 1.82) is 0 Å². The second-order valence-corrected chi connectivity index (χ2v) is 32.2. The third-order valence-electron chi connectivity index (χ3n) is 18.5. The van der Waals surface area contributed by atoms with Crippen LogP contribution in [0.25, 0.3) is 0 Å². The Labute approximate surface area is 677 Å². The highest BCUT2D eigenvalue weighted by atomic mass is 31.2. The number of aliphatic hydroxyl groups is 2. The summed E-state index contributed by atoms with van der Waals surface area (Å²) in [5, 5.41) is 20.7. The van der Waals surface area contributed by atoms with Gasteiger partial charge in [0.25, 0.3) is 0 Å². The Morgan fingerprint density at radius 2 is 0.477 bits per heavy atom. The molecule has 0 rings (SSSR count). The largest absolute Gasteiger partial charge is 0.472 e. The van der Waals surface area contributed by atoms with Crippen LogP contribution >= 0.6 is 15.6 Å². The molecular weight excluding hydrogens is 1430 g/mol. The van der Waals surface area contributed by atoms with Gasteiger partial charge in [0.05, 0.1) is 26.4 Å². The monoisotopic (exact) mass is 1600 g/mol. The Morgan fingerprint density at radius 1 is 0.261 bits per heavy atom. The molecule has 0 aromatic heterocycles. The molecule has 0 saturated heterocycles. The zero-order valence-corrected chi connectivity index (χ0v) is 71.9. The van der Waals surface area contributed by atoms with Crippen LogP contribution in [0.2, 0.25) is 0 Å². The van der Waals surface area contributed by atoms with E-state index >= 15 is 0 Å². The molecule has 0 saturated carbocycles. The second-order valence-electron chi connectivity index (χ2n) is 29.3. The fraction of sp³-hybridized carbons (Fsp3) is 0.710. The summed E-state index contributed by atoms with van der Waals surface area (Å²) in [7, 11) is -9.81. The zero-order valence-electron chi connectivity index (χ0n) is 70.1. The van der Waals surface area contributed by atoms with Gasteiger partial charge >= 0.3 is 33.6 Å². The van der Waals surface area contributed by atoms with Gasteiger partial charge in [0, 0.05) is 19.3 Å². The van der Waals surface area contributed by atoms with Crippen molar-refractivity contribution in [3.8, 4) is 0 Å². The van der Waals surface area contributed by atoms with Gasteiger partial charge in [-0.25, -0.2) is 9.13 Å². The molecule has 0 fully saturated rings. The summed E-state index contributed by atoms with van der Waals surface area (Å²) in [6, 6.07) is 0. The van der Waals surface area contributed by atoms with Crippen LogP contribution in [-0.4, -0.2) is 95.9 Å². The van der Waals surface area contributed by atoms with Gasteiger partial charge in [0.2, 0.25) is 0 Å². The molecule has 0 amide bonds.